The van der Waals surface area contributed by atoms with Crippen molar-refractivity contribution in [1.82, 2.24) is 24.8 Å². The highest BCUT2D eigenvalue weighted by molar-refractivity contribution is 6.09. The van der Waals surface area contributed by atoms with Crippen molar-refractivity contribution < 1.29 is 28.2 Å². The molecular formula is C41H42F2N6O4. The molecule has 0 radical (unpaired) electrons. The maximum atomic E-state index is 15.6. The monoisotopic (exact) mass is 720 g/mol. The van der Waals surface area contributed by atoms with Crippen molar-refractivity contribution in [2.45, 2.75) is 50.8 Å². The average molecular weight is 721 g/mol. The van der Waals surface area contributed by atoms with Crippen LogP contribution >= 0.6 is 0 Å². The number of fused-ring (bicyclic) bond motifs is 2. The minimum Gasteiger partial charge on any atom is -0.491 e. The van der Waals surface area contributed by atoms with E-state index in [4.69, 9.17) is 14.5 Å². The quantitative estimate of drug-likeness (QED) is 0.195. The minimum absolute atomic E-state index is 0.0479. The number of nitrogens with one attached hydrogen (secondary N) is 1. The van der Waals surface area contributed by atoms with E-state index in [9.17, 15) is 9.90 Å². The second-order valence-corrected chi connectivity index (χ2v) is 15.1. The molecule has 10 nitrogen and oxygen atoms in total. The predicted molar refractivity (Wildman–Crippen MR) is 197 cm³/mol. The van der Waals surface area contributed by atoms with Gasteiger partial charge in [-0.25, -0.2) is 13.8 Å². The van der Waals surface area contributed by atoms with Crippen molar-refractivity contribution >= 4 is 22.6 Å². The van der Waals surface area contributed by atoms with Gasteiger partial charge in [0.05, 0.1) is 49.5 Å². The van der Waals surface area contributed by atoms with E-state index in [0.29, 0.717) is 33.8 Å². The number of anilines is 1. The van der Waals surface area contributed by atoms with Gasteiger partial charge in [0.2, 0.25) is 0 Å². The maximum Gasteiger partial charge on any atom is 0.265 e. The van der Waals surface area contributed by atoms with Gasteiger partial charge >= 0.3 is 0 Å². The van der Waals surface area contributed by atoms with Gasteiger partial charge in [0.25, 0.3) is 5.91 Å². The molecular weight excluding hydrogens is 678 g/mol. The fourth-order valence-corrected chi connectivity index (χ4v) is 8.14. The summed E-state index contributed by atoms with van der Waals surface area (Å²) in [5, 5.41) is 11.5. The summed E-state index contributed by atoms with van der Waals surface area (Å²) in [5.74, 6) is -1.44. The minimum atomic E-state index is -0.665. The molecule has 5 aromatic rings. The molecule has 1 amide bonds. The molecule has 12 heteroatoms. The lowest BCUT2D eigenvalue weighted by molar-refractivity contribution is -0.0845. The first-order valence-electron chi connectivity index (χ1n) is 18.4. The predicted octanol–water partition coefficient (Wildman–Crippen LogP) is 6.23. The molecule has 6 heterocycles. The van der Waals surface area contributed by atoms with E-state index in [2.05, 4.69) is 39.7 Å². The zero-order valence-electron chi connectivity index (χ0n) is 29.9. The zero-order chi connectivity index (χ0) is 36.4. The highest BCUT2D eigenvalue weighted by atomic mass is 19.1. The summed E-state index contributed by atoms with van der Waals surface area (Å²) < 4.78 is 42.4. The van der Waals surface area contributed by atoms with Crippen molar-refractivity contribution in [3.8, 4) is 28.3 Å². The number of rotatable bonds is 8. The SMILES string of the molecule is CC(C)(c1ccc(-c2cc3c(-c4cc(F)cc(N5CCOc6cc(C7CC7)cc(F)c6C5=O)c4CO)ccnc3[nH]2)nc1)N1CCN(C2COC2)CC1. The number of aromatic amines is 1. The van der Waals surface area contributed by atoms with Crippen LogP contribution in [0.4, 0.5) is 14.5 Å². The zero-order valence-corrected chi connectivity index (χ0v) is 29.9. The highest BCUT2D eigenvalue weighted by Crippen LogP contribution is 2.44. The molecule has 0 bridgehead atoms. The van der Waals surface area contributed by atoms with Crippen LogP contribution in [0.3, 0.4) is 0 Å². The number of aromatic nitrogens is 3. The third kappa shape index (κ3) is 6.07. The number of carbonyl (C=O) groups is 1. The summed E-state index contributed by atoms with van der Waals surface area (Å²) in [7, 11) is 0. The molecule has 2 saturated heterocycles. The number of amides is 1. The number of hydrogen-bond acceptors (Lipinski definition) is 8. The van der Waals surface area contributed by atoms with Crippen molar-refractivity contribution in [2.75, 3.05) is 57.4 Å². The van der Waals surface area contributed by atoms with Crippen LogP contribution in [-0.4, -0.2) is 94.4 Å². The maximum absolute atomic E-state index is 15.6. The number of ether oxygens (including phenoxy) is 2. The molecule has 0 spiro atoms. The first kappa shape index (κ1) is 34.0. The van der Waals surface area contributed by atoms with E-state index in [0.717, 1.165) is 74.7 Å². The van der Waals surface area contributed by atoms with Crippen LogP contribution in [-0.2, 0) is 16.9 Å². The third-order valence-corrected chi connectivity index (χ3v) is 11.6. The van der Waals surface area contributed by atoms with Crippen molar-refractivity contribution in [2.24, 2.45) is 0 Å². The Labute approximate surface area is 306 Å². The molecule has 3 aliphatic heterocycles. The number of aliphatic hydroxyl groups excluding tert-OH is 1. The van der Waals surface area contributed by atoms with Gasteiger partial charge in [-0.3, -0.25) is 19.6 Å². The molecule has 9 rings (SSSR count). The van der Waals surface area contributed by atoms with E-state index >= 15 is 8.78 Å². The second-order valence-electron chi connectivity index (χ2n) is 15.1. The summed E-state index contributed by atoms with van der Waals surface area (Å²) >= 11 is 0. The lowest BCUT2D eigenvalue weighted by atomic mass is 9.92. The number of aliphatic hydroxyl groups is 1. The molecule has 2 aromatic carbocycles. The molecule has 1 aliphatic carbocycles. The smallest absolute Gasteiger partial charge is 0.265 e. The molecule has 0 atom stereocenters. The van der Waals surface area contributed by atoms with E-state index in [1.165, 1.54) is 23.1 Å². The number of halogens is 2. The molecule has 0 unspecified atom stereocenters. The Morgan fingerprint density at radius 2 is 1.77 bits per heavy atom. The van der Waals surface area contributed by atoms with E-state index in [-0.39, 0.29) is 41.6 Å². The van der Waals surface area contributed by atoms with Gasteiger partial charge < -0.3 is 24.5 Å². The van der Waals surface area contributed by atoms with Crippen molar-refractivity contribution in [3.63, 3.8) is 0 Å². The van der Waals surface area contributed by atoms with Gasteiger partial charge in [-0.05, 0) is 97.3 Å². The molecule has 4 aliphatic rings. The highest BCUT2D eigenvalue weighted by Gasteiger charge is 2.36. The van der Waals surface area contributed by atoms with Gasteiger partial charge in [-0.15, -0.1) is 0 Å². The van der Waals surface area contributed by atoms with Gasteiger partial charge in [0.15, 0.2) is 0 Å². The topological polar surface area (TPSA) is 107 Å². The van der Waals surface area contributed by atoms with Crippen LogP contribution < -0.4 is 9.64 Å². The Bertz CT molecular complexity index is 2210. The Kier molecular flexibility index (Phi) is 8.53. The molecule has 53 heavy (non-hydrogen) atoms. The normalized spacial score (nSPS) is 18.9. The lowest BCUT2D eigenvalue weighted by Gasteiger charge is -2.47. The lowest BCUT2D eigenvalue weighted by Crippen LogP contribution is -2.59. The molecule has 1 saturated carbocycles. The largest absolute Gasteiger partial charge is 0.491 e. The Balaban J connectivity index is 1.02. The van der Waals surface area contributed by atoms with Gasteiger partial charge in [-0.1, -0.05) is 6.07 Å². The van der Waals surface area contributed by atoms with E-state index < -0.39 is 24.1 Å². The number of nitrogens with zero attached hydrogens (tertiary/aromatic N) is 5. The number of piperazine rings is 1. The fraction of sp³-hybridized carbons (Fsp3) is 0.390. The molecule has 2 N–H and O–H groups in total. The number of carbonyl (C=O) groups excluding carboxylic acids is 1. The second kappa shape index (κ2) is 13.3. The first-order valence-corrected chi connectivity index (χ1v) is 18.4. The Morgan fingerprint density at radius 3 is 2.47 bits per heavy atom. The van der Waals surface area contributed by atoms with Gasteiger partial charge in [0, 0.05) is 55.1 Å². The summed E-state index contributed by atoms with van der Waals surface area (Å²) in [6, 6.07) is 14.1. The number of benzene rings is 2. The van der Waals surface area contributed by atoms with Gasteiger partial charge in [-0.2, -0.15) is 0 Å². The first-order chi connectivity index (χ1) is 25.7. The van der Waals surface area contributed by atoms with Crippen LogP contribution in [0.25, 0.3) is 33.5 Å². The number of pyridine rings is 2. The molecule has 3 aromatic heterocycles. The number of H-pyrrole nitrogens is 1. The van der Waals surface area contributed by atoms with Crippen molar-refractivity contribution in [3.05, 3.63) is 94.8 Å². The van der Waals surface area contributed by atoms with Crippen LogP contribution in [0.1, 0.15) is 59.7 Å². The summed E-state index contributed by atoms with van der Waals surface area (Å²) in [5.41, 5.74) is 5.09. The van der Waals surface area contributed by atoms with E-state index in [1.807, 2.05) is 18.3 Å². The van der Waals surface area contributed by atoms with Crippen LogP contribution in [0.2, 0.25) is 0 Å². The summed E-state index contributed by atoms with van der Waals surface area (Å²) in [4.78, 5) is 33.1. The summed E-state index contributed by atoms with van der Waals surface area (Å²) in [6.45, 7) is 9.78. The molecule has 274 valence electrons. The number of hydrogen-bond donors (Lipinski definition) is 2. The molecule has 3 fully saturated rings. The summed E-state index contributed by atoms with van der Waals surface area (Å²) in [6.07, 6.45) is 5.51. The standard InChI is InChI=1S/C41H42F2N6O4/c1-41(2,48-11-9-47(10-12-48)28-22-52-23-28)26-5-6-34(45-20-26)35-19-31-29(7-8-44-39(31)46-35)30-17-27(42)18-36(32(30)21-50)49-13-14-53-37-16-25(24-3-4-24)15-33(43)38(37)40(49)51/h5-8,15-20,24,28,50H,3-4,9-14,21-23H2,1-2H3,(H,44,46). The Morgan fingerprint density at radius 1 is 0.962 bits per heavy atom. The van der Waals surface area contributed by atoms with Crippen molar-refractivity contribution in [1.29, 1.82) is 0 Å². The Hall–Kier alpha value is -4.75. The average Bonchev–Trinajstić information content (AvgIpc) is 3.92. The third-order valence-electron chi connectivity index (χ3n) is 11.6. The fourth-order valence-electron chi connectivity index (χ4n) is 8.14. The van der Waals surface area contributed by atoms with Gasteiger partial charge in [0.1, 0.15) is 35.2 Å². The van der Waals surface area contributed by atoms with Crippen LogP contribution in [0.5, 0.6) is 5.75 Å². The van der Waals surface area contributed by atoms with Crippen LogP contribution in [0.15, 0.2) is 60.9 Å². The van der Waals surface area contributed by atoms with Crippen LogP contribution in [0, 0.1) is 11.6 Å². The van der Waals surface area contributed by atoms with E-state index in [1.54, 1.807) is 18.3 Å².